The minimum atomic E-state index is 0.0187. The Morgan fingerprint density at radius 1 is 1.41 bits per heavy atom. The zero-order valence-corrected chi connectivity index (χ0v) is 10.5. The van der Waals surface area contributed by atoms with Gasteiger partial charge in [0.25, 0.3) is 0 Å². The molecule has 0 amide bonds. The Kier molecular flexibility index (Phi) is 4.12. The normalized spacial score (nSPS) is 10.5. The van der Waals surface area contributed by atoms with Gasteiger partial charge in [0, 0.05) is 16.6 Å². The zero-order chi connectivity index (χ0) is 12.1. The van der Waals surface area contributed by atoms with Gasteiger partial charge < -0.3 is 9.84 Å². The number of rotatable bonds is 5. The standard InChI is InChI=1S/C13H15NO2S/c1-2-11-6-10(8-15)7-13(14-11)16-9-12-4-3-5-17-12/h3-7,15H,2,8-9H2,1H3. The average molecular weight is 249 g/mol. The first-order valence-electron chi connectivity index (χ1n) is 5.57. The molecule has 90 valence electrons. The van der Waals surface area contributed by atoms with Gasteiger partial charge in [0.1, 0.15) is 6.61 Å². The number of aliphatic hydroxyl groups is 1. The van der Waals surface area contributed by atoms with Crippen LogP contribution in [0.4, 0.5) is 0 Å². The molecule has 0 aliphatic rings. The highest BCUT2D eigenvalue weighted by atomic mass is 32.1. The van der Waals surface area contributed by atoms with Gasteiger partial charge in [-0.05, 0) is 29.5 Å². The van der Waals surface area contributed by atoms with Crippen LogP contribution >= 0.6 is 11.3 Å². The summed E-state index contributed by atoms with van der Waals surface area (Å²) in [6, 6.07) is 7.71. The van der Waals surface area contributed by atoms with Gasteiger partial charge in [-0.2, -0.15) is 0 Å². The molecule has 0 saturated carbocycles. The molecule has 1 N–H and O–H groups in total. The van der Waals surface area contributed by atoms with Crippen molar-refractivity contribution in [3.8, 4) is 5.88 Å². The summed E-state index contributed by atoms with van der Waals surface area (Å²) < 4.78 is 5.62. The molecule has 2 aromatic rings. The summed E-state index contributed by atoms with van der Waals surface area (Å²) >= 11 is 1.66. The first kappa shape index (κ1) is 12.1. The van der Waals surface area contributed by atoms with E-state index in [-0.39, 0.29) is 6.61 Å². The van der Waals surface area contributed by atoms with Crippen LogP contribution < -0.4 is 4.74 Å². The van der Waals surface area contributed by atoms with E-state index in [1.807, 2.05) is 30.5 Å². The molecular weight excluding hydrogens is 234 g/mol. The Balaban J connectivity index is 2.09. The van der Waals surface area contributed by atoms with Crippen LogP contribution in [0.15, 0.2) is 29.6 Å². The van der Waals surface area contributed by atoms with Crippen LogP contribution in [0, 0.1) is 0 Å². The van der Waals surface area contributed by atoms with Crippen LogP contribution in [0.25, 0.3) is 0 Å². The summed E-state index contributed by atoms with van der Waals surface area (Å²) in [5, 5.41) is 11.2. The van der Waals surface area contributed by atoms with Gasteiger partial charge in [-0.15, -0.1) is 11.3 Å². The topological polar surface area (TPSA) is 42.4 Å². The van der Waals surface area contributed by atoms with E-state index in [4.69, 9.17) is 9.84 Å². The van der Waals surface area contributed by atoms with Crippen molar-refractivity contribution in [1.29, 1.82) is 0 Å². The number of hydrogen-bond acceptors (Lipinski definition) is 4. The van der Waals surface area contributed by atoms with E-state index >= 15 is 0 Å². The van der Waals surface area contributed by atoms with E-state index in [9.17, 15) is 0 Å². The zero-order valence-electron chi connectivity index (χ0n) is 9.72. The molecule has 0 radical (unpaired) electrons. The second-order valence-electron chi connectivity index (χ2n) is 3.68. The van der Waals surface area contributed by atoms with E-state index in [2.05, 4.69) is 4.98 Å². The molecule has 2 aromatic heterocycles. The van der Waals surface area contributed by atoms with Crippen molar-refractivity contribution in [2.45, 2.75) is 26.6 Å². The molecule has 0 saturated heterocycles. The maximum Gasteiger partial charge on any atom is 0.214 e. The lowest BCUT2D eigenvalue weighted by molar-refractivity contribution is 0.275. The molecule has 0 unspecified atom stereocenters. The van der Waals surface area contributed by atoms with E-state index in [0.717, 1.165) is 17.7 Å². The molecule has 4 heteroatoms. The SMILES string of the molecule is CCc1cc(CO)cc(OCc2cccs2)n1. The Labute approximate surface area is 105 Å². The molecule has 2 heterocycles. The van der Waals surface area contributed by atoms with E-state index in [1.165, 1.54) is 4.88 Å². The molecular formula is C13H15NO2S. The maximum atomic E-state index is 9.15. The first-order valence-corrected chi connectivity index (χ1v) is 6.45. The third kappa shape index (κ3) is 3.28. The second-order valence-corrected chi connectivity index (χ2v) is 4.72. The monoisotopic (exact) mass is 249 g/mol. The summed E-state index contributed by atoms with van der Waals surface area (Å²) in [4.78, 5) is 5.54. The van der Waals surface area contributed by atoms with Gasteiger partial charge in [0.15, 0.2) is 0 Å². The van der Waals surface area contributed by atoms with Crippen molar-refractivity contribution < 1.29 is 9.84 Å². The molecule has 17 heavy (non-hydrogen) atoms. The van der Waals surface area contributed by atoms with E-state index in [0.29, 0.717) is 12.5 Å². The molecule has 0 spiro atoms. The molecule has 3 nitrogen and oxygen atoms in total. The fourth-order valence-corrected chi connectivity index (χ4v) is 2.12. The largest absolute Gasteiger partial charge is 0.472 e. The fourth-order valence-electron chi connectivity index (χ4n) is 1.51. The maximum absolute atomic E-state index is 9.15. The lowest BCUT2D eigenvalue weighted by atomic mass is 10.2. The molecule has 0 aliphatic heterocycles. The lowest BCUT2D eigenvalue weighted by Crippen LogP contribution is -1.99. The average Bonchev–Trinajstić information content (AvgIpc) is 2.89. The van der Waals surface area contributed by atoms with Crippen molar-refractivity contribution in [2.24, 2.45) is 0 Å². The van der Waals surface area contributed by atoms with Crippen molar-refractivity contribution in [3.05, 3.63) is 45.8 Å². The summed E-state index contributed by atoms with van der Waals surface area (Å²) in [7, 11) is 0. The number of ether oxygens (including phenoxy) is 1. The summed E-state index contributed by atoms with van der Waals surface area (Å²) in [6.07, 6.45) is 0.837. The predicted molar refractivity (Wildman–Crippen MR) is 68.2 cm³/mol. The van der Waals surface area contributed by atoms with Crippen LogP contribution in [0.5, 0.6) is 5.88 Å². The summed E-state index contributed by atoms with van der Waals surface area (Å²) in [5.74, 6) is 0.585. The van der Waals surface area contributed by atoms with Crippen LogP contribution in [0.2, 0.25) is 0 Å². The van der Waals surface area contributed by atoms with Crippen LogP contribution in [0.1, 0.15) is 23.1 Å². The highest BCUT2D eigenvalue weighted by molar-refractivity contribution is 7.09. The molecule has 0 atom stereocenters. The quantitative estimate of drug-likeness (QED) is 0.886. The Morgan fingerprint density at radius 2 is 2.29 bits per heavy atom. The third-order valence-corrected chi connectivity index (χ3v) is 3.25. The van der Waals surface area contributed by atoms with Crippen molar-refractivity contribution >= 4 is 11.3 Å². The number of aliphatic hydroxyl groups excluding tert-OH is 1. The number of hydrogen-bond donors (Lipinski definition) is 1. The summed E-state index contributed by atoms with van der Waals surface area (Å²) in [5.41, 5.74) is 1.79. The highest BCUT2D eigenvalue weighted by Gasteiger charge is 2.03. The number of nitrogens with zero attached hydrogens (tertiary/aromatic N) is 1. The molecule has 0 bridgehead atoms. The van der Waals surface area contributed by atoms with Gasteiger partial charge >= 0.3 is 0 Å². The van der Waals surface area contributed by atoms with Crippen LogP contribution in [-0.2, 0) is 19.6 Å². The van der Waals surface area contributed by atoms with Gasteiger partial charge in [-0.3, -0.25) is 0 Å². The van der Waals surface area contributed by atoms with E-state index < -0.39 is 0 Å². The fraction of sp³-hybridized carbons (Fsp3) is 0.308. The molecule has 2 rings (SSSR count). The Bertz CT molecular complexity index is 446. The number of pyridine rings is 1. The Morgan fingerprint density at radius 3 is 2.94 bits per heavy atom. The van der Waals surface area contributed by atoms with Crippen molar-refractivity contribution in [3.63, 3.8) is 0 Å². The van der Waals surface area contributed by atoms with Gasteiger partial charge in [-0.1, -0.05) is 13.0 Å². The minimum Gasteiger partial charge on any atom is -0.472 e. The smallest absolute Gasteiger partial charge is 0.214 e. The van der Waals surface area contributed by atoms with Gasteiger partial charge in [0.05, 0.1) is 6.61 Å². The molecule has 0 fully saturated rings. The Hall–Kier alpha value is -1.39. The lowest BCUT2D eigenvalue weighted by Gasteiger charge is -2.07. The van der Waals surface area contributed by atoms with Crippen LogP contribution in [-0.4, -0.2) is 10.1 Å². The number of thiophene rings is 1. The van der Waals surface area contributed by atoms with Crippen molar-refractivity contribution in [1.82, 2.24) is 4.98 Å². The minimum absolute atomic E-state index is 0.0187. The second kappa shape index (κ2) is 5.80. The first-order chi connectivity index (χ1) is 8.31. The highest BCUT2D eigenvalue weighted by Crippen LogP contribution is 2.16. The molecule has 0 aromatic carbocycles. The van der Waals surface area contributed by atoms with Gasteiger partial charge in [-0.25, -0.2) is 4.98 Å². The van der Waals surface area contributed by atoms with Gasteiger partial charge in [0.2, 0.25) is 5.88 Å². The number of aromatic nitrogens is 1. The summed E-state index contributed by atoms with van der Waals surface area (Å²) in [6.45, 7) is 2.58. The molecule has 0 aliphatic carbocycles. The predicted octanol–water partition coefficient (Wildman–Crippen LogP) is 2.78. The number of aryl methyl sites for hydroxylation is 1. The van der Waals surface area contributed by atoms with Crippen LogP contribution in [0.3, 0.4) is 0 Å². The van der Waals surface area contributed by atoms with E-state index in [1.54, 1.807) is 17.4 Å². The van der Waals surface area contributed by atoms with Crippen molar-refractivity contribution in [2.75, 3.05) is 0 Å². The third-order valence-electron chi connectivity index (χ3n) is 2.40.